The van der Waals surface area contributed by atoms with Gasteiger partial charge in [-0.1, -0.05) is 18.2 Å². The molecule has 1 aromatic heterocycles. The lowest BCUT2D eigenvalue weighted by Gasteiger charge is -2.20. The summed E-state index contributed by atoms with van der Waals surface area (Å²) < 4.78 is 39.3. The van der Waals surface area contributed by atoms with E-state index in [1.54, 1.807) is 31.3 Å². The van der Waals surface area contributed by atoms with Crippen LogP contribution in [0.5, 0.6) is 0 Å². The topological polar surface area (TPSA) is 67.3 Å². The Bertz CT molecular complexity index is 899. The molecule has 3 rings (SSSR count). The van der Waals surface area contributed by atoms with Crippen molar-refractivity contribution in [2.24, 2.45) is 0 Å². The largest absolute Gasteiger partial charge is 0.338 e. The van der Waals surface area contributed by atoms with Crippen LogP contribution in [0, 0.1) is 12.7 Å². The molecule has 7 heteroatoms. The highest BCUT2D eigenvalue weighted by atomic mass is 32.2. The fourth-order valence-corrected chi connectivity index (χ4v) is 4.91. The molecule has 0 aliphatic carbocycles. The van der Waals surface area contributed by atoms with E-state index in [0.29, 0.717) is 11.3 Å². The van der Waals surface area contributed by atoms with Crippen molar-refractivity contribution in [3.8, 4) is 0 Å². The summed E-state index contributed by atoms with van der Waals surface area (Å²) in [5.41, 5.74) is 1.24. The van der Waals surface area contributed by atoms with E-state index in [9.17, 15) is 17.6 Å². The molecule has 0 N–H and O–H groups in total. The average Bonchev–Trinajstić information content (AvgIpc) is 2.74. The van der Waals surface area contributed by atoms with E-state index in [0.717, 1.165) is 0 Å². The van der Waals surface area contributed by atoms with E-state index in [1.165, 1.54) is 23.1 Å². The Hall–Kier alpha value is -2.28. The molecule has 1 aliphatic rings. The maximum atomic E-state index is 14.1. The molecule has 1 saturated heterocycles. The smallest absolute Gasteiger partial charge is 0.255 e. The minimum Gasteiger partial charge on any atom is -0.338 e. The number of rotatable bonds is 2. The Kier molecular flexibility index (Phi) is 4.85. The van der Waals surface area contributed by atoms with Crippen LogP contribution in [0.4, 0.5) is 4.39 Å². The second-order valence-corrected chi connectivity index (χ2v) is 8.40. The summed E-state index contributed by atoms with van der Waals surface area (Å²) in [4.78, 5) is 18.3. The van der Waals surface area contributed by atoms with Crippen molar-refractivity contribution in [2.75, 3.05) is 18.8 Å². The standard InChI is InChI=1S/C18H19FN2O3S/c1-13-14(6-4-9-20-13)18(22)21-10-8-17(25(23,24)12-11-21)15-5-2-3-7-16(15)19/h2-7,9,17H,8,10-12H2,1H3. The molecule has 25 heavy (non-hydrogen) atoms. The number of carbonyl (C=O) groups excluding carboxylic acids is 1. The Labute approximate surface area is 146 Å². The van der Waals surface area contributed by atoms with Gasteiger partial charge < -0.3 is 4.90 Å². The molecule has 0 radical (unpaired) electrons. The molecule has 0 spiro atoms. The number of halogens is 1. The first kappa shape index (κ1) is 17.5. The van der Waals surface area contributed by atoms with E-state index in [1.807, 2.05) is 0 Å². The minimum atomic E-state index is -3.54. The van der Waals surface area contributed by atoms with E-state index < -0.39 is 20.9 Å². The van der Waals surface area contributed by atoms with Crippen LogP contribution < -0.4 is 0 Å². The van der Waals surface area contributed by atoms with E-state index in [-0.39, 0.29) is 36.7 Å². The lowest BCUT2D eigenvalue weighted by Crippen LogP contribution is -2.34. The van der Waals surface area contributed by atoms with Crippen LogP contribution in [0.2, 0.25) is 0 Å². The zero-order chi connectivity index (χ0) is 18.0. The Morgan fingerprint density at radius 3 is 2.68 bits per heavy atom. The third-order valence-electron chi connectivity index (χ3n) is 4.52. The molecule has 1 unspecified atom stereocenters. The first-order chi connectivity index (χ1) is 11.9. The van der Waals surface area contributed by atoms with Crippen molar-refractivity contribution in [2.45, 2.75) is 18.6 Å². The summed E-state index contributed by atoms with van der Waals surface area (Å²) >= 11 is 0. The Morgan fingerprint density at radius 1 is 1.20 bits per heavy atom. The zero-order valence-corrected chi connectivity index (χ0v) is 14.7. The van der Waals surface area contributed by atoms with Crippen LogP contribution in [0.15, 0.2) is 42.6 Å². The van der Waals surface area contributed by atoms with Crippen molar-refractivity contribution in [3.63, 3.8) is 0 Å². The number of benzene rings is 1. The second kappa shape index (κ2) is 6.92. The fourth-order valence-electron chi connectivity index (χ4n) is 3.11. The van der Waals surface area contributed by atoms with Crippen LogP contribution in [-0.4, -0.2) is 43.1 Å². The average molecular weight is 362 g/mol. The summed E-state index contributed by atoms with van der Waals surface area (Å²) in [6.45, 7) is 2.09. The number of hydrogen-bond donors (Lipinski definition) is 0. The molecule has 5 nitrogen and oxygen atoms in total. The number of sulfone groups is 1. The van der Waals surface area contributed by atoms with Crippen molar-refractivity contribution >= 4 is 15.7 Å². The van der Waals surface area contributed by atoms with Gasteiger partial charge in [-0.2, -0.15) is 0 Å². The number of amides is 1. The molecule has 2 aromatic rings. The first-order valence-corrected chi connectivity index (χ1v) is 9.78. The van der Waals surface area contributed by atoms with E-state index >= 15 is 0 Å². The van der Waals surface area contributed by atoms with Crippen LogP contribution in [0.1, 0.15) is 33.3 Å². The first-order valence-electron chi connectivity index (χ1n) is 8.07. The predicted octanol–water partition coefficient (Wildman–Crippen LogP) is 2.53. The third-order valence-corrected chi connectivity index (χ3v) is 6.63. The number of hydrogen-bond acceptors (Lipinski definition) is 4. The van der Waals surface area contributed by atoms with Gasteiger partial charge in [-0.3, -0.25) is 9.78 Å². The van der Waals surface area contributed by atoms with Gasteiger partial charge in [0, 0.05) is 30.5 Å². The molecular weight excluding hydrogens is 343 g/mol. The number of aryl methyl sites for hydroxylation is 1. The normalized spacial score (nSPS) is 20.1. The van der Waals surface area contributed by atoms with Crippen molar-refractivity contribution in [1.82, 2.24) is 9.88 Å². The molecule has 0 saturated carbocycles. The van der Waals surface area contributed by atoms with Gasteiger partial charge in [0.15, 0.2) is 9.84 Å². The van der Waals surface area contributed by atoms with E-state index in [2.05, 4.69) is 4.98 Å². The SMILES string of the molecule is Cc1ncccc1C(=O)N1CCC(c2ccccc2F)S(=O)(=O)CC1. The summed E-state index contributed by atoms with van der Waals surface area (Å²) in [7, 11) is -3.54. The molecule has 1 amide bonds. The van der Waals surface area contributed by atoms with Crippen LogP contribution in [0.25, 0.3) is 0 Å². The lowest BCUT2D eigenvalue weighted by atomic mass is 10.1. The highest BCUT2D eigenvalue weighted by Crippen LogP contribution is 2.31. The molecule has 1 atom stereocenters. The zero-order valence-electron chi connectivity index (χ0n) is 13.9. The Morgan fingerprint density at radius 2 is 1.96 bits per heavy atom. The van der Waals surface area contributed by atoms with Gasteiger partial charge in [-0.15, -0.1) is 0 Å². The summed E-state index contributed by atoms with van der Waals surface area (Å²) in [6, 6.07) is 9.28. The number of carbonyl (C=O) groups is 1. The maximum Gasteiger partial charge on any atom is 0.255 e. The van der Waals surface area contributed by atoms with Gasteiger partial charge in [0.25, 0.3) is 5.91 Å². The van der Waals surface area contributed by atoms with Crippen molar-refractivity contribution in [3.05, 3.63) is 65.2 Å². The second-order valence-electron chi connectivity index (χ2n) is 6.09. The number of pyridine rings is 1. The van der Waals surface area contributed by atoms with Crippen LogP contribution in [-0.2, 0) is 9.84 Å². The van der Waals surface area contributed by atoms with Gasteiger partial charge in [-0.05, 0) is 31.5 Å². The highest BCUT2D eigenvalue weighted by molar-refractivity contribution is 7.91. The summed E-state index contributed by atoms with van der Waals surface area (Å²) in [5, 5.41) is -0.929. The van der Waals surface area contributed by atoms with Gasteiger partial charge in [0.05, 0.1) is 16.6 Å². The maximum absolute atomic E-state index is 14.1. The minimum absolute atomic E-state index is 0.0977. The molecule has 0 bridgehead atoms. The molecule has 2 heterocycles. The number of aromatic nitrogens is 1. The van der Waals surface area contributed by atoms with Crippen LogP contribution >= 0.6 is 0 Å². The van der Waals surface area contributed by atoms with Gasteiger partial charge in [0.1, 0.15) is 5.82 Å². The monoisotopic (exact) mass is 362 g/mol. The molecule has 1 aliphatic heterocycles. The third kappa shape index (κ3) is 3.56. The van der Waals surface area contributed by atoms with Gasteiger partial charge in [0.2, 0.25) is 0 Å². The molecule has 1 aromatic carbocycles. The Balaban J connectivity index is 1.87. The van der Waals surface area contributed by atoms with E-state index in [4.69, 9.17) is 0 Å². The summed E-state index contributed by atoms with van der Waals surface area (Å²) in [6.07, 6.45) is 1.78. The molecule has 132 valence electrons. The fraction of sp³-hybridized carbons (Fsp3) is 0.333. The molecule has 1 fully saturated rings. The quantitative estimate of drug-likeness (QED) is 0.823. The summed E-state index contributed by atoms with van der Waals surface area (Å²) in [5.74, 6) is -0.953. The van der Waals surface area contributed by atoms with Crippen LogP contribution in [0.3, 0.4) is 0 Å². The number of nitrogens with zero attached hydrogens (tertiary/aromatic N) is 2. The highest BCUT2D eigenvalue weighted by Gasteiger charge is 2.34. The van der Waals surface area contributed by atoms with Gasteiger partial charge >= 0.3 is 0 Å². The molecular formula is C18H19FN2O3S. The lowest BCUT2D eigenvalue weighted by molar-refractivity contribution is 0.0765. The van der Waals surface area contributed by atoms with Gasteiger partial charge in [-0.25, -0.2) is 12.8 Å². The predicted molar refractivity (Wildman–Crippen MR) is 92.4 cm³/mol. The van der Waals surface area contributed by atoms with Crippen molar-refractivity contribution < 1.29 is 17.6 Å². The van der Waals surface area contributed by atoms with Crippen molar-refractivity contribution in [1.29, 1.82) is 0 Å².